The van der Waals surface area contributed by atoms with Crippen molar-refractivity contribution in [2.24, 2.45) is 0 Å². The maximum Gasteiger partial charge on any atom is 0.120 e. The van der Waals surface area contributed by atoms with Crippen LogP contribution < -0.4 is 5.19 Å². The predicted octanol–water partition coefficient (Wildman–Crippen LogP) is 13.9. The minimum absolute atomic E-state index is 0. The maximum absolute atomic E-state index is 12.8. The molecule has 0 fully saturated rings. The Morgan fingerprint density at radius 2 is 1.17 bits per heavy atom. The third-order valence-corrected chi connectivity index (χ3v) is 13.8. The second-order valence-corrected chi connectivity index (χ2v) is 21.7. The molecule has 0 spiro atoms. The topological polar surface area (TPSA) is 48.8 Å². The van der Waals surface area contributed by atoms with Crippen molar-refractivity contribution in [1.82, 2.24) is 19.1 Å². The summed E-state index contributed by atoms with van der Waals surface area (Å²) in [6.07, 6.45) is 3.93. The van der Waals surface area contributed by atoms with E-state index in [0.29, 0.717) is 0 Å². The number of hydrogen-bond donors (Lipinski definition) is 0. The van der Waals surface area contributed by atoms with Gasteiger partial charge in [-0.2, -0.15) is 0 Å². The molecule has 0 bridgehead atoms. The molecule has 0 saturated heterocycles. The summed E-state index contributed by atoms with van der Waals surface area (Å²) in [6, 6.07) is 63.9. The van der Waals surface area contributed by atoms with Crippen LogP contribution in [0, 0.1) is 17.9 Å². The van der Waals surface area contributed by atoms with Crippen molar-refractivity contribution < 1.29 is 28.9 Å². The fraction of sp³-hybridized carbons (Fsp3) is 0.0545. The molecule has 307 valence electrons. The molecular formula is C55H39FIrN4OSi-2. The molecule has 5 heterocycles. The van der Waals surface area contributed by atoms with Gasteiger partial charge in [-0.3, -0.25) is 4.39 Å². The molecule has 7 aromatic carbocycles. The van der Waals surface area contributed by atoms with Gasteiger partial charge in [-0.15, -0.1) is 48.0 Å². The Balaban J connectivity index is 0.000000222. The fourth-order valence-electron chi connectivity index (χ4n) is 8.67. The zero-order valence-electron chi connectivity index (χ0n) is 34.7. The molecule has 0 amide bonds. The van der Waals surface area contributed by atoms with Crippen molar-refractivity contribution in [2.75, 3.05) is 0 Å². The van der Waals surface area contributed by atoms with Crippen LogP contribution in [0.3, 0.4) is 0 Å². The van der Waals surface area contributed by atoms with E-state index in [4.69, 9.17) is 9.40 Å². The SMILES string of the molecule is C[Si](C)(C)c1ccc(-c2[c-]cc(F)cc2)nc1.[Ir].[c-]1ccc2c(oc3ccccc32)c1-c1cc2c(cn1)c1ccccc1n2-c1ccc2c3ccccc3n(-c3ccccc3)c2c1. The molecule has 0 N–H and O–H groups in total. The number of furan rings is 1. The van der Waals surface area contributed by atoms with Crippen LogP contribution in [-0.2, 0) is 20.1 Å². The second kappa shape index (κ2) is 16.1. The summed E-state index contributed by atoms with van der Waals surface area (Å²) in [4.78, 5) is 9.40. The minimum Gasteiger partial charge on any atom is -0.501 e. The number of halogens is 1. The summed E-state index contributed by atoms with van der Waals surface area (Å²) < 4.78 is 23.9. The number of rotatable bonds is 5. The normalized spacial score (nSPS) is 11.7. The summed E-state index contributed by atoms with van der Waals surface area (Å²) in [5.41, 5.74) is 11.9. The molecule has 63 heavy (non-hydrogen) atoms. The number of aromatic nitrogens is 4. The Hall–Kier alpha value is -6.96. The summed E-state index contributed by atoms with van der Waals surface area (Å²) in [5, 5.41) is 8.24. The fourth-order valence-corrected chi connectivity index (χ4v) is 9.71. The summed E-state index contributed by atoms with van der Waals surface area (Å²) in [6.45, 7) is 6.86. The molecule has 0 aliphatic heterocycles. The van der Waals surface area contributed by atoms with Crippen LogP contribution in [0.25, 0.3) is 99.4 Å². The molecule has 0 aliphatic rings. The monoisotopic (exact) mass is 1010 g/mol. The molecular weight excluding hydrogens is 972 g/mol. The number of para-hydroxylation sites is 4. The van der Waals surface area contributed by atoms with E-state index in [1.165, 1.54) is 44.5 Å². The van der Waals surface area contributed by atoms with Crippen molar-refractivity contribution >= 4 is 78.8 Å². The van der Waals surface area contributed by atoms with Crippen molar-refractivity contribution in [2.45, 2.75) is 19.6 Å². The van der Waals surface area contributed by atoms with E-state index in [0.717, 1.165) is 72.2 Å². The smallest absolute Gasteiger partial charge is 0.120 e. The first-order chi connectivity index (χ1) is 30.3. The van der Waals surface area contributed by atoms with E-state index >= 15 is 0 Å². The van der Waals surface area contributed by atoms with Crippen LogP contribution in [0.2, 0.25) is 19.6 Å². The predicted molar refractivity (Wildman–Crippen MR) is 256 cm³/mol. The van der Waals surface area contributed by atoms with E-state index in [2.05, 4.69) is 167 Å². The van der Waals surface area contributed by atoms with E-state index < -0.39 is 8.07 Å². The molecule has 8 heteroatoms. The Labute approximate surface area is 378 Å². The molecule has 12 rings (SSSR count). The standard InChI is InChI=1S/C41H24N3O.C14H15FNSi.Ir/c1-2-11-26(12-3-1)43-36-18-7-4-13-28(36)30-22-21-27(23-38(30)43)44-37-19-8-5-14-29(37)34-25-42-35(24-39(34)44)33-17-10-16-32-31-15-6-9-20-40(31)45-41(32)33;1-17(2,3)13-8-9-14(16-10-13)11-4-6-12(15)7-5-11;/h1-16,18-25H;4,6-10H,1-3H3;/q2*-1;. The second-order valence-electron chi connectivity index (χ2n) is 16.6. The number of fused-ring (bicyclic) bond motifs is 9. The molecule has 5 nitrogen and oxygen atoms in total. The number of benzene rings is 7. The third-order valence-electron chi connectivity index (χ3n) is 11.8. The Morgan fingerprint density at radius 1 is 0.524 bits per heavy atom. The van der Waals surface area contributed by atoms with E-state index in [1.807, 2.05) is 42.7 Å². The first-order valence-electron chi connectivity index (χ1n) is 20.7. The quantitative estimate of drug-likeness (QED) is 0.127. The average molecular weight is 1010 g/mol. The van der Waals surface area contributed by atoms with Gasteiger partial charge in [0.05, 0.1) is 30.2 Å². The summed E-state index contributed by atoms with van der Waals surface area (Å²) in [7, 11) is -1.30. The third kappa shape index (κ3) is 7.06. The number of nitrogens with zero attached hydrogens (tertiary/aromatic N) is 4. The Bertz CT molecular complexity index is 3630. The van der Waals surface area contributed by atoms with E-state index in [1.54, 1.807) is 6.07 Å². The van der Waals surface area contributed by atoms with Crippen LogP contribution in [0.1, 0.15) is 0 Å². The van der Waals surface area contributed by atoms with Crippen LogP contribution in [-0.4, -0.2) is 27.2 Å². The van der Waals surface area contributed by atoms with Crippen LogP contribution in [0.15, 0.2) is 187 Å². The van der Waals surface area contributed by atoms with Gasteiger partial charge in [0.25, 0.3) is 0 Å². The van der Waals surface area contributed by atoms with Crippen molar-refractivity contribution in [1.29, 1.82) is 0 Å². The molecule has 0 unspecified atom stereocenters. The average Bonchev–Trinajstić information content (AvgIpc) is 3.97. The van der Waals surface area contributed by atoms with Gasteiger partial charge < -0.3 is 23.5 Å². The van der Waals surface area contributed by atoms with Crippen molar-refractivity contribution in [3.05, 3.63) is 200 Å². The maximum atomic E-state index is 12.8. The number of pyridine rings is 2. The first-order valence-corrected chi connectivity index (χ1v) is 24.2. The zero-order valence-corrected chi connectivity index (χ0v) is 38.1. The van der Waals surface area contributed by atoms with E-state index in [9.17, 15) is 4.39 Å². The Kier molecular flexibility index (Phi) is 10.2. The Morgan fingerprint density at radius 3 is 1.89 bits per heavy atom. The molecule has 0 saturated carbocycles. The summed E-state index contributed by atoms with van der Waals surface area (Å²) >= 11 is 0. The zero-order chi connectivity index (χ0) is 42.0. The first kappa shape index (κ1) is 40.1. The van der Waals surface area contributed by atoms with Crippen LogP contribution in [0.4, 0.5) is 4.39 Å². The molecule has 0 atom stereocenters. The van der Waals surface area contributed by atoms with Gasteiger partial charge in [0.1, 0.15) is 5.58 Å². The van der Waals surface area contributed by atoms with Gasteiger partial charge in [-0.25, -0.2) is 0 Å². The van der Waals surface area contributed by atoms with Gasteiger partial charge in [0.15, 0.2) is 0 Å². The number of hydrogen-bond acceptors (Lipinski definition) is 3. The van der Waals surface area contributed by atoms with Crippen molar-refractivity contribution in [3.63, 3.8) is 0 Å². The van der Waals surface area contributed by atoms with Gasteiger partial charge in [0, 0.05) is 82.1 Å². The van der Waals surface area contributed by atoms with Gasteiger partial charge in [0.2, 0.25) is 0 Å². The van der Waals surface area contributed by atoms with Gasteiger partial charge in [-0.1, -0.05) is 128 Å². The van der Waals surface area contributed by atoms with Gasteiger partial charge >= 0.3 is 0 Å². The van der Waals surface area contributed by atoms with Gasteiger partial charge in [-0.05, 0) is 59.0 Å². The summed E-state index contributed by atoms with van der Waals surface area (Å²) in [5.74, 6) is -0.271. The van der Waals surface area contributed by atoms with Crippen molar-refractivity contribution in [3.8, 4) is 33.9 Å². The molecule has 5 aromatic heterocycles. The molecule has 0 aliphatic carbocycles. The molecule has 1 radical (unpaired) electrons. The van der Waals surface area contributed by atoms with Crippen LogP contribution >= 0.6 is 0 Å². The van der Waals surface area contributed by atoms with E-state index in [-0.39, 0.29) is 25.9 Å². The largest absolute Gasteiger partial charge is 0.501 e. The molecule has 12 aromatic rings. The van der Waals surface area contributed by atoms with Crippen LogP contribution in [0.5, 0.6) is 0 Å². The minimum atomic E-state index is -1.30.